The number of anilines is 1. The summed E-state index contributed by atoms with van der Waals surface area (Å²) in [4.78, 5) is 28.6. The Balaban J connectivity index is 1.24. The van der Waals surface area contributed by atoms with Crippen molar-refractivity contribution in [2.45, 2.75) is 36.5 Å². The Morgan fingerprint density at radius 3 is 2.71 bits per heavy atom. The van der Waals surface area contributed by atoms with E-state index in [-0.39, 0.29) is 12.3 Å². The second-order valence-electron chi connectivity index (χ2n) is 9.08. The van der Waals surface area contributed by atoms with Gasteiger partial charge in [-0.05, 0) is 6.07 Å². The summed E-state index contributed by atoms with van der Waals surface area (Å²) in [5.41, 5.74) is 3.52. The molecule has 176 valence electrons. The molecule has 3 amide bonds. The number of carbonyl (C=O) groups is 2. The van der Waals surface area contributed by atoms with Crippen LogP contribution >= 0.6 is 11.5 Å². The van der Waals surface area contributed by atoms with Crippen molar-refractivity contribution in [1.29, 1.82) is 0 Å². The van der Waals surface area contributed by atoms with Gasteiger partial charge in [-0.2, -0.15) is 5.10 Å². The maximum atomic E-state index is 12.3. The monoisotopic (exact) mass is 478 g/mol. The average molecular weight is 479 g/mol. The van der Waals surface area contributed by atoms with Crippen molar-refractivity contribution >= 4 is 40.2 Å². The van der Waals surface area contributed by atoms with Crippen molar-refractivity contribution in [1.82, 2.24) is 20.0 Å². The Kier molecular flexibility index (Phi) is 6.49. The zero-order valence-corrected chi connectivity index (χ0v) is 20.0. The molecule has 5 rings (SSSR count). The predicted octanol–water partition coefficient (Wildman–Crippen LogP) is 3.88. The molecule has 0 bridgehead atoms. The molecular formula is C25H28N5O3S+. The molecule has 0 saturated carbocycles. The molecule has 3 heterocycles. The van der Waals surface area contributed by atoms with Crippen LogP contribution in [0.4, 0.5) is 10.6 Å². The molecule has 2 fully saturated rings. The van der Waals surface area contributed by atoms with Crippen LogP contribution < -0.4 is 10.2 Å². The van der Waals surface area contributed by atoms with Gasteiger partial charge < -0.3 is 0 Å². The Morgan fingerprint density at radius 2 is 1.94 bits per heavy atom. The van der Waals surface area contributed by atoms with E-state index in [2.05, 4.69) is 39.6 Å². The maximum absolute atomic E-state index is 12.3. The molecule has 1 N–H and O–H groups in total. The van der Waals surface area contributed by atoms with Crippen LogP contribution in [0.3, 0.4) is 0 Å². The molecule has 2 aliphatic rings. The van der Waals surface area contributed by atoms with Gasteiger partial charge in [0.25, 0.3) is 0 Å². The van der Waals surface area contributed by atoms with Crippen molar-refractivity contribution < 1.29 is 13.6 Å². The quantitative estimate of drug-likeness (QED) is 0.564. The molecule has 0 aliphatic carbocycles. The molecule has 0 radical (unpaired) electrons. The fourth-order valence-corrected chi connectivity index (χ4v) is 5.34. The standard InChI is InChI=1S/C25H27N5O3S/c1-28-22-16-19(5-6-21(22)24(27-28)30-14-10-23(31)26-25(30)32)18-8-12-29(13-9-18)11-7-17-3-2-4-20(15-17)34-33/h2-6,15-16,18H,7-14H2,1H3/p+1. The fourth-order valence-electron chi connectivity index (χ4n) is 5.00. The summed E-state index contributed by atoms with van der Waals surface area (Å²) in [5.74, 6) is 0.850. The third kappa shape index (κ3) is 4.64. The molecule has 8 nitrogen and oxygen atoms in total. The van der Waals surface area contributed by atoms with Crippen LogP contribution in [0.2, 0.25) is 0 Å². The van der Waals surface area contributed by atoms with Crippen molar-refractivity contribution in [2.75, 3.05) is 31.1 Å². The first-order valence-electron chi connectivity index (χ1n) is 11.7. The Morgan fingerprint density at radius 1 is 1.12 bits per heavy atom. The zero-order valence-electron chi connectivity index (χ0n) is 19.2. The van der Waals surface area contributed by atoms with E-state index in [1.807, 2.05) is 29.9 Å². The molecule has 2 aliphatic heterocycles. The summed E-state index contributed by atoms with van der Waals surface area (Å²) >= 11 is 0.548. The minimum atomic E-state index is -0.411. The van der Waals surface area contributed by atoms with Crippen LogP contribution in [0.25, 0.3) is 10.9 Å². The van der Waals surface area contributed by atoms with E-state index in [1.54, 1.807) is 4.90 Å². The number of fused-ring (bicyclic) bond motifs is 1. The van der Waals surface area contributed by atoms with E-state index in [9.17, 15) is 13.6 Å². The van der Waals surface area contributed by atoms with Gasteiger partial charge in [-0.3, -0.25) is 19.7 Å². The number of benzene rings is 2. The molecule has 34 heavy (non-hydrogen) atoms. The summed E-state index contributed by atoms with van der Waals surface area (Å²) in [7, 11) is 1.89. The number of aromatic nitrogens is 2. The van der Waals surface area contributed by atoms with E-state index in [0.717, 1.165) is 54.7 Å². The number of rotatable bonds is 5. The minimum Gasteiger partial charge on any atom is 0.0704 e. The number of hydrogen-bond acceptors (Lipinski definition) is 4. The van der Waals surface area contributed by atoms with E-state index < -0.39 is 6.03 Å². The third-order valence-electron chi connectivity index (χ3n) is 6.94. The first-order valence-corrected chi connectivity index (χ1v) is 12.4. The van der Waals surface area contributed by atoms with Crippen molar-refractivity contribution in [3.8, 4) is 0 Å². The number of piperidine rings is 1. The molecule has 2 aromatic carbocycles. The second-order valence-corrected chi connectivity index (χ2v) is 9.71. The van der Waals surface area contributed by atoms with E-state index in [4.69, 9.17) is 0 Å². The van der Waals surface area contributed by atoms with Gasteiger partial charge in [0.1, 0.15) is 0 Å². The first-order chi connectivity index (χ1) is 16.5. The van der Waals surface area contributed by atoms with Crippen molar-refractivity contribution in [3.05, 3.63) is 53.6 Å². The molecule has 0 spiro atoms. The van der Waals surface area contributed by atoms with Crippen LogP contribution in [0.15, 0.2) is 47.4 Å². The van der Waals surface area contributed by atoms with Crippen molar-refractivity contribution in [3.63, 3.8) is 0 Å². The first kappa shape index (κ1) is 22.8. The normalized spacial score (nSPS) is 17.8. The Hall–Kier alpha value is -3.01. The number of aryl methyl sites for hydroxylation is 1. The number of nitrogens with zero attached hydrogens (tertiary/aromatic N) is 4. The van der Waals surface area contributed by atoms with Gasteiger partial charge in [-0.1, -0.05) is 0 Å². The number of hydrogen-bond donors (Lipinski definition) is 1. The van der Waals surface area contributed by atoms with Crippen LogP contribution in [-0.2, 0) is 22.3 Å². The van der Waals surface area contributed by atoms with Gasteiger partial charge in [0.05, 0.1) is 5.52 Å². The fraction of sp³-hybridized carbons (Fsp3) is 0.400. The number of carbonyl (C=O) groups excluding carboxylic acids is 2. The van der Waals surface area contributed by atoms with Gasteiger partial charge in [-0.25, -0.2) is 4.79 Å². The molecule has 1 aromatic heterocycles. The number of likely N-dealkylation sites (tertiary alicyclic amines) is 1. The summed E-state index contributed by atoms with van der Waals surface area (Å²) in [6.07, 6.45) is 3.44. The SMILES string of the molecule is Cn1nc(N2CCC(=O)NC2=O)c2ccc(C3CCN(CCc4cccc(S#[O+])c4)CC3)cc21. The third-order valence-corrected chi connectivity index (χ3v) is 7.38. The Bertz CT molecular complexity index is 1290. The molecular weight excluding hydrogens is 450 g/mol. The van der Waals surface area contributed by atoms with Gasteiger partial charge >= 0.3 is 124 Å². The van der Waals surface area contributed by atoms with Crippen molar-refractivity contribution in [2.24, 2.45) is 7.05 Å². The summed E-state index contributed by atoms with van der Waals surface area (Å²) in [5, 5.41) is 7.89. The summed E-state index contributed by atoms with van der Waals surface area (Å²) < 4.78 is 12.9. The van der Waals surface area contributed by atoms with Gasteiger partial charge in [0.2, 0.25) is 5.91 Å². The molecule has 0 atom stereocenters. The zero-order chi connectivity index (χ0) is 23.7. The van der Waals surface area contributed by atoms with E-state index in [1.165, 1.54) is 11.1 Å². The average Bonchev–Trinajstić information content (AvgIpc) is 3.18. The van der Waals surface area contributed by atoms with Crippen LogP contribution in [0.5, 0.6) is 0 Å². The number of amides is 3. The molecule has 2 saturated heterocycles. The van der Waals surface area contributed by atoms with Crippen LogP contribution in [0, 0.1) is 0 Å². The minimum absolute atomic E-state index is 0.245. The number of urea groups is 1. The Labute approximate surface area is 202 Å². The van der Waals surface area contributed by atoms with E-state index in [0.29, 0.717) is 29.8 Å². The van der Waals surface area contributed by atoms with Gasteiger partial charge in [0.15, 0.2) is 5.82 Å². The second kappa shape index (κ2) is 9.69. The molecule has 3 aromatic rings. The molecule has 0 unspecified atom stereocenters. The number of nitrogens with one attached hydrogen (secondary N) is 1. The predicted molar refractivity (Wildman–Crippen MR) is 131 cm³/mol. The number of imide groups is 1. The molecule has 9 heteroatoms. The smallest absolute Gasteiger partial charge is 0.0704 e. The van der Waals surface area contributed by atoms with Crippen LogP contribution in [0.1, 0.15) is 36.3 Å². The van der Waals surface area contributed by atoms with E-state index >= 15 is 0 Å². The topological polar surface area (TPSA) is 90.4 Å². The summed E-state index contributed by atoms with van der Waals surface area (Å²) in [6, 6.07) is 13.9. The van der Waals surface area contributed by atoms with Crippen LogP contribution in [-0.4, -0.2) is 52.8 Å². The summed E-state index contributed by atoms with van der Waals surface area (Å²) in [6.45, 7) is 3.45. The van der Waals surface area contributed by atoms with Gasteiger partial charge in [0, 0.05) is 25.4 Å². The van der Waals surface area contributed by atoms with Gasteiger partial charge in [-0.15, -0.1) is 0 Å².